The minimum absolute atomic E-state index is 0.0146. The van der Waals surface area contributed by atoms with E-state index in [1.54, 1.807) is 18.2 Å². The maximum atomic E-state index is 11.5. The summed E-state index contributed by atoms with van der Waals surface area (Å²) in [5, 5.41) is 0.282. The highest BCUT2D eigenvalue weighted by Gasteiger charge is 2.13. The highest BCUT2D eigenvalue weighted by molar-refractivity contribution is 9.10. The van der Waals surface area contributed by atoms with Crippen molar-refractivity contribution in [2.24, 2.45) is 0 Å². The van der Waals surface area contributed by atoms with Crippen molar-refractivity contribution in [2.75, 3.05) is 5.33 Å². The molecule has 1 aromatic carbocycles. The number of benzene rings is 1. The minimum Gasteiger partial charge on any atom is -0.430 e. The monoisotopic (exact) mass is 317 g/mol. The van der Waals surface area contributed by atoms with E-state index in [9.17, 15) is 4.79 Å². The fraction of sp³-hybridized carbons (Fsp3) is 0.111. The van der Waals surface area contributed by atoms with E-state index in [4.69, 9.17) is 4.42 Å². The van der Waals surface area contributed by atoms with Crippen molar-refractivity contribution >= 4 is 48.7 Å². The average Bonchev–Trinajstić information content (AvgIpc) is 2.56. The molecule has 0 amide bonds. The van der Waals surface area contributed by atoms with Gasteiger partial charge < -0.3 is 4.42 Å². The summed E-state index contributed by atoms with van der Waals surface area (Å²) in [5.74, 6) is -0.0146. The van der Waals surface area contributed by atoms with Crippen molar-refractivity contribution in [3.8, 4) is 0 Å². The molecular weight excluding hydrogens is 314 g/mol. The molecule has 2 aromatic rings. The van der Waals surface area contributed by atoms with E-state index >= 15 is 0 Å². The van der Waals surface area contributed by atoms with Gasteiger partial charge in [0.1, 0.15) is 5.52 Å². The summed E-state index contributed by atoms with van der Waals surface area (Å²) < 4.78 is 5.29. The van der Waals surface area contributed by atoms with Crippen LogP contribution < -0.4 is 0 Å². The van der Waals surface area contributed by atoms with Gasteiger partial charge in [-0.2, -0.15) is 0 Å². The Morgan fingerprint density at radius 3 is 3.00 bits per heavy atom. The summed E-state index contributed by atoms with van der Waals surface area (Å²) in [4.78, 5) is 16.0. The molecular formula is C9H5Br2NO2. The van der Waals surface area contributed by atoms with Crippen LogP contribution in [0.4, 0.5) is 0 Å². The number of fused-ring (bicyclic) bond motifs is 1. The quantitative estimate of drug-likeness (QED) is 0.631. The van der Waals surface area contributed by atoms with Crippen molar-refractivity contribution in [1.82, 2.24) is 4.98 Å². The fourth-order valence-electron chi connectivity index (χ4n) is 1.21. The van der Waals surface area contributed by atoms with E-state index in [0.29, 0.717) is 21.5 Å². The lowest BCUT2D eigenvalue weighted by molar-refractivity contribution is 0.102. The third kappa shape index (κ3) is 1.62. The molecule has 1 aromatic heterocycles. The van der Waals surface area contributed by atoms with Crippen molar-refractivity contribution in [3.05, 3.63) is 28.6 Å². The number of aromatic nitrogens is 1. The van der Waals surface area contributed by atoms with Crippen LogP contribution in [0.5, 0.6) is 0 Å². The smallest absolute Gasteiger partial charge is 0.265 e. The highest BCUT2D eigenvalue weighted by Crippen LogP contribution is 2.23. The van der Waals surface area contributed by atoms with Gasteiger partial charge in [0.2, 0.25) is 0 Å². The number of halogens is 2. The van der Waals surface area contributed by atoms with Crippen LogP contribution in [0.1, 0.15) is 10.4 Å². The highest BCUT2D eigenvalue weighted by atomic mass is 79.9. The van der Waals surface area contributed by atoms with Crippen LogP contribution in [0.3, 0.4) is 0 Å². The van der Waals surface area contributed by atoms with Crippen LogP contribution in [0, 0.1) is 0 Å². The number of hydrogen-bond donors (Lipinski definition) is 0. The lowest BCUT2D eigenvalue weighted by Gasteiger charge is -1.95. The number of ketones is 1. The number of nitrogens with zero attached hydrogens (tertiary/aromatic N) is 1. The number of para-hydroxylation sites is 1. The van der Waals surface area contributed by atoms with Crippen LogP contribution in [-0.2, 0) is 0 Å². The molecule has 0 unspecified atom stereocenters. The molecule has 0 radical (unpaired) electrons. The molecule has 0 saturated heterocycles. The second-order valence-electron chi connectivity index (χ2n) is 2.68. The standard InChI is InChI=1S/C9H5Br2NO2/c10-4-7(13)5-2-1-3-6-8(5)14-9(11)12-6/h1-3H,4H2. The largest absolute Gasteiger partial charge is 0.430 e. The summed E-state index contributed by atoms with van der Waals surface area (Å²) >= 11 is 6.25. The molecule has 0 spiro atoms. The molecule has 0 N–H and O–H groups in total. The van der Waals surface area contributed by atoms with Gasteiger partial charge in [0.25, 0.3) is 4.80 Å². The topological polar surface area (TPSA) is 43.1 Å². The van der Waals surface area contributed by atoms with Crippen LogP contribution in [0.25, 0.3) is 11.1 Å². The lowest BCUT2D eigenvalue weighted by atomic mass is 10.1. The molecule has 0 aliphatic rings. The van der Waals surface area contributed by atoms with E-state index < -0.39 is 0 Å². The SMILES string of the molecule is O=C(CBr)c1cccc2nc(Br)oc12. The van der Waals surface area contributed by atoms with E-state index in [1.807, 2.05) is 0 Å². The predicted molar refractivity (Wildman–Crippen MR) is 59.8 cm³/mol. The first-order valence-electron chi connectivity index (χ1n) is 3.86. The number of hydrogen-bond acceptors (Lipinski definition) is 3. The zero-order valence-corrected chi connectivity index (χ0v) is 10.1. The average molecular weight is 319 g/mol. The Morgan fingerprint density at radius 2 is 2.29 bits per heavy atom. The van der Waals surface area contributed by atoms with Gasteiger partial charge in [-0.25, -0.2) is 4.98 Å². The first-order chi connectivity index (χ1) is 6.72. The number of Topliss-reactive ketones (excluding diaryl/α,β-unsaturated/α-hetero) is 1. The summed E-state index contributed by atoms with van der Waals surface area (Å²) in [5.41, 5.74) is 1.77. The number of oxazole rings is 1. The minimum atomic E-state index is -0.0146. The Balaban J connectivity index is 2.70. The molecule has 5 heteroatoms. The molecule has 0 aliphatic carbocycles. The Kier molecular flexibility index (Phi) is 2.69. The number of alkyl halides is 1. The van der Waals surface area contributed by atoms with Gasteiger partial charge in [-0.3, -0.25) is 4.79 Å². The number of carbonyl (C=O) groups excluding carboxylic acids is 1. The van der Waals surface area contributed by atoms with E-state index in [0.717, 1.165) is 0 Å². The van der Waals surface area contributed by atoms with Crippen molar-refractivity contribution in [1.29, 1.82) is 0 Å². The van der Waals surface area contributed by atoms with Crippen LogP contribution in [0.15, 0.2) is 27.4 Å². The van der Waals surface area contributed by atoms with Crippen LogP contribution in [-0.4, -0.2) is 16.1 Å². The molecule has 14 heavy (non-hydrogen) atoms. The first-order valence-corrected chi connectivity index (χ1v) is 5.78. The van der Waals surface area contributed by atoms with E-state index in [-0.39, 0.29) is 11.1 Å². The lowest BCUT2D eigenvalue weighted by Crippen LogP contribution is -1.99. The summed E-state index contributed by atoms with van der Waals surface area (Å²) in [6.07, 6.45) is 0. The molecule has 0 aliphatic heterocycles. The second-order valence-corrected chi connectivity index (χ2v) is 3.92. The Hall–Kier alpha value is -0.680. The molecule has 1 heterocycles. The van der Waals surface area contributed by atoms with Crippen LogP contribution in [0.2, 0.25) is 0 Å². The maximum absolute atomic E-state index is 11.5. The third-order valence-corrected chi connectivity index (χ3v) is 2.66. The first kappa shape index (κ1) is 9.86. The Labute approximate surface area is 96.8 Å². The third-order valence-electron chi connectivity index (χ3n) is 1.81. The number of rotatable bonds is 2. The molecule has 0 saturated carbocycles. The van der Waals surface area contributed by atoms with E-state index in [1.165, 1.54) is 0 Å². The molecule has 0 fully saturated rings. The van der Waals surface area contributed by atoms with Gasteiger partial charge in [0.05, 0.1) is 10.9 Å². The van der Waals surface area contributed by atoms with Gasteiger partial charge in [0.15, 0.2) is 11.4 Å². The van der Waals surface area contributed by atoms with Gasteiger partial charge in [0, 0.05) is 15.9 Å². The molecule has 2 rings (SSSR count). The predicted octanol–water partition coefficient (Wildman–Crippen LogP) is 3.17. The zero-order chi connectivity index (χ0) is 10.1. The van der Waals surface area contributed by atoms with E-state index in [2.05, 4.69) is 36.8 Å². The number of carbonyl (C=O) groups is 1. The fourth-order valence-corrected chi connectivity index (χ4v) is 1.87. The zero-order valence-electron chi connectivity index (χ0n) is 6.96. The van der Waals surface area contributed by atoms with Gasteiger partial charge in [-0.15, -0.1) is 0 Å². The maximum Gasteiger partial charge on any atom is 0.265 e. The van der Waals surface area contributed by atoms with Crippen LogP contribution >= 0.6 is 31.9 Å². The second kappa shape index (κ2) is 3.82. The molecule has 0 bridgehead atoms. The van der Waals surface area contributed by atoms with Gasteiger partial charge in [-0.1, -0.05) is 22.0 Å². The summed E-state index contributed by atoms with van der Waals surface area (Å²) in [6, 6.07) is 5.31. The molecule has 3 nitrogen and oxygen atoms in total. The Bertz CT molecular complexity index is 493. The summed E-state index contributed by atoms with van der Waals surface area (Å²) in [6.45, 7) is 0. The normalized spacial score (nSPS) is 10.7. The molecule has 72 valence electrons. The molecule has 0 atom stereocenters. The summed E-state index contributed by atoms with van der Waals surface area (Å²) in [7, 11) is 0. The van der Waals surface area contributed by atoms with Gasteiger partial charge in [-0.05, 0) is 12.1 Å². The van der Waals surface area contributed by atoms with Crippen molar-refractivity contribution in [2.45, 2.75) is 0 Å². The Morgan fingerprint density at radius 1 is 1.50 bits per heavy atom. The van der Waals surface area contributed by atoms with Crippen molar-refractivity contribution < 1.29 is 9.21 Å². The van der Waals surface area contributed by atoms with Gasteiger partial charge >= 0.3 is 0 Å². The van der Waals surface area contributed by atoms with Crippen molar-refractivity contribution in [3.63, 3.8) is 0 Å².